The third-order valence-corrected chi connectivity index (χ3v) is 4.30. The van der Waals surface area contributed by atoms with Crippen LogP contribution in [0.2, 0.25) is 0 Å². The Hall–Kier alpha value is -4.18. The summed E-state index contributed by atoms with van der Waals surface area (Å²) in [6.45, 7) is 0.379. The first kappa shape index (κ1) is 18.2. The van der Waals surface area contributed by atoms with Crippen molar-refractivity contribution >= 4 is 11.6 Å². The Labute approximate surface area is 168 Å². The van der Waals surface area contributed by atoms with Crippen molar-refractivity contribution in [3.8, 4) is 23.3 Å². The standard InChI is InChI=1S/C22H18N6O/c1-28-12-11-24-21(28)19-9-10-25-22(27-19)26-18-8-7-17(14-23)20(13-18)29-15-16-5-3-2-4-6-16/h2-13H,15H2,1H3,(H,25,26,27). The van der Waals surface area contributed by atoms with E-state index in [1.54, 1.807) is 36.7 Å². The molecule has 2 aromatic heterocycles. The number of imidazole rings is 1. The average molecular weight is 382 g/mol. The van der Waals surface area contributed by atoms with Crippen molar-refractivity contribution in [3.63, 3.8) is 0 Å². The maximum Gasteiger partial charge on any atom is 0.227 e. The fourth-order valence-corrected chi connectivity index (χ4v) is 2.83. The van der Waals surface area contributed by atoms with Crippen LogP contribution < -0.4 is 10.1 Å². The van der Waals surface area contributed by atoms with Crippen LogP contribution >= 0.6 is 0 Å². The molecule has 7 nitrogen and oxygen atoms in total. The fourth-order valence-electron chi connectivity index (χ4n) is 2.83. The topological polar surface area (TPSA) is 88.7 Å². The number of anilines is 2. The van der Waals surface area contributed by atoms with E-state index < -0.39 is 0 Å². The maximum absolute atomic E-state index is 9.38. The highest BCUT2D eigenvalue weighted by Crippen LogP contribution is 2.26. The Balaban J connectivity index is 1.55. The lowest BCUT2D eigenvalue weighted by molar-refractivity contribution is 0.305. The van der Waals surface area contributed by atoms with Gasteiger partial charge in [0.05, 0.1) is 5.56 Å². The van der Waals surface area contributed by atoms with Gasteiger partial charge in [-0.15, -0.1) is 0 Å². The number of aromatic nitrogens is 4. The summed E-state index contributed by atoms with van der Waals surface area (Å²) in [5, 5.41) is 12.5. The lowest BCUT2D eigenvalue weighted by Crippen LogP contribution is -2.02. The largest absolute Gasteiger partial charge is 0.487 e. The van der Waals surface area contributed by atoms with E-state index in [0.29, 0.717) is 29.6 Å². The van der Waals surface area contributed by atoms with Gasteiger partial charge in [-0.3, -0.25) is 0 Å². The SMILES string of the molecule is Cn1ccnc1-c1ccnc(Nc2ccc(C#N)c(OCc3ccccc3)c2)n1. The van der Waals surface area contributed by atoms with Gasteiger partial charge in [-0.05, 0) is 23.8 Å². The average Bonchev–Trinajstić information content (AvgIpc) is 3.19. The minimum Gasteiger partial charge on any atom is -0.487 e. The second-order valence-corrected chi connectivity index (χ2v) is 6.35. The molecule has 0 amide bonds. The number of benzene rings is 2. The first-order valence-corrected chi connectivity index (χ1v) is 9.01. The highest BCUT2D eigenvalue weighted by Gasteiger charge is 2.09. The van der Waals surface area contributed by atoms with E-state index >= 15 is 0 Å². The Morgan fingerprint density at radius 3 is 2.69 bits per heavy atom. The van der Waals surface area contributed by atoms with E-state index in [4.69, 9.17) is 4.74 Å². The zero-order valence-electron chi connectivity index (χ0n) is 15.8. The molecule has 0 aliphatic carbocycles. The number of nitrogens with zero attached hydrogens (tertiary/aromatic N) is 5. The molecule has 0 unspecified atom stereocenters. The van der Waals surface area contributed by atoms with Crippen LogP contribution in [0, 0.1) is 11.3 Å². The molecule has 0 saturated heterocycles. The molecule has 2 heterocycles. The lowest BCUT2D eigenvalue weighted by atomic mass is 10.2. The van der Waals surface area contributed by atoms with Crippen molar-refractivity contribution < 1.29 is 4.74 Å². The Kier molecular flexibility index (Phi) is 5.16. The predicted octanol–water partition coefficient (Wildman–Crippen LogP) is 4.07. The number of aryl methyl sites for hydroxylation is 1. The molecule has 0 aliphatic rings. The van der Waals surface area contributed by atoms with Gasteiger partial charge in [-0.2, -0.15) is 5.26 Å². The predicted molar refractivity (Wildman–Crippen MR) is 109 cm³/mol. The van der Waals surface area contributed by atoms with Gasteiger partial charge in [-0.1, -0.05) is 30.3 Å². The number of ether oxygens (including phenoxy) is 1. The van der Waals surface area contributed by atoms with Gasteiger partial charge < -0.3 is 14.6 Å². The quantitative estimate of drug-likeness (QED) is 0.541. The summed E-state index contributed by atoms with van der Waals surface area (Å²) in [5.41, 5.74) is 2.93. The van der Waals surface area contributed by atoms with Gasteiger partial charge in [0.15, 0.2) is 5.82 Å². The van der Waals surface area contributed by atoms with Crippen LogP contribution in [0.15, 0.2) is 73.2 Å². The van der Waals surface area contributed by atoms with Crippen molar-refractivity contribution in [2.75, 3.05) is 5.32 Å². The third kappa shape index (κ3) is 4.22. The smallest absolute Gasteiger partial charge is 0.227 e. The second kappa shape index (κ2) is 8.23. The van der Waals surface area contributed by atoms with E-state index in [1.165, 1.54) is 0 Å². The van der Waals surface area contributed by atoms with Gasteiger partial charge in [-0.25, -0.2) is 15.0 Å². The van der Waals surface area contributed by atoms with Crippen LogP contribution in [0.5, 0.6) is 5.75 Å². The van der Waals surface area contributed by atoms with Crippen LogP contribution in [0.3, 0.4) is 0 Å². The number of rotatable bonds is 6. The minimum absolute atomic E-state index is 0.379. The molecule has 0 atom stereocenters. The molecule has 29 heavy (non-hydrogen) atoms. The van der Waals surface area contributed by atoms with Gasteiger partial charge >= 0.3 is 0 Å². The first-order valence-electron chi connectivity index (χ1n) is 9.01. The lowest BCUT2D eigenvalue weighted by Gasteiger charge is -2.11. The molecule has 2 aromatic carbocycles. The molecule has 4 aromatic rings. The molecule has 0 radical (unpaired) electrons. The molecule has 1 N–H and O–H groups in total. The maximum atomic E-state index is 9.38. The number of hydrogen-bond acceptors (Lipinski definition) is 6. The Bertz CT molecular complexity index is 1160. The van der Waals surface area contributed by atoms with Crippen molar-refractivity contribution in [1.82, 2.24) is 19.5 Å². The molecular weight excluding hydrogens is 364 g/mol. The zero-order valence-corrected chi connectivity index (χ0v) is 15.8. The summed E-state index contributed by atoms with van der Waals surface area (Å²) < 4.78 is 7.77. The molecule has 0 spiro atoms. The van der Waals surface area contributed by atoms with Gasteiger partial charge in [0.25, 0.3) is 0 Å². The molecule has 0 bridgehead atoms. The Morgan fingerprint density at radius 2 is 1.93 bits per heavy atom. The number of nitriles is 1. The van der Waals surface area contributed by atoms with Crippen LogP contribution in [0.1, 0.15) is 11.1 Å². The van der Waals surface area contributed by atoms with E-state index in [2.05, 4.69) is 26.3 Å². The van der Waals surface area contributed by atoms with Crippen LogP contribution in [-0.2, 0) is 13.7 Å². The molecule has 7 heteroatoms. The molecule has 0 saturated carbocycles. The van der Waals surface area contributed by atoms with E-state index in [0.717, 1.165) is 17.1 Å². The van der Waals surface area contributed by atoms with Crippen molar-refractivity contribution in [2.24, 2.45) is 7.05 Å². The summed E-state index contributed by atoms with van der Waals surface area (Å²) in [6.07, 6.45) is 5.26. The van der Waals surface area contributed by atoms with Gasteiger partial charge in [0.2, 0.25) is 5.95 Å². The highest BCUT2D eigenvalue weighted by atomic mass is 16.5. The van der Waals surface area contributed by atoms with Crippen molar-refractivity contribution in [1.29, 1.82) is 5.26 Å². The summed E-state index contributed by atoms with van der Waals surface area (Å²) >= 11 is 0. The molecular formula is C22H18N6O. The van der Waals surface area contributed by atoms with Crippen LogP contribution in [0.25, 0.3) is 11.5 Å². The monoisotopic (exact) mass is 382 g/mol. The number of nitrogens with one attached hydrogen (secondary N) is 1. The minimum atomic E-state index is 0.379. The summed E-state index contributed by atoms with van der Waals surface area (Å²) in [7, 11) is 1.91. The van der Waals surface area contributed by atoms with E-state index in [1.807, 2.05) is 48.1 Å². The summed E-state index contributed by atoms with van der Waals surface area (Å²) in [6, 6.07) is 19.1. The molecule has 4 rings (SSSR count). The first-order chi connectivity index (χ1) is 14.2. The normalized spacial score (nSPS) is 10.3. The molecule has 0 fully saturated rings. The highest BCUT2D eigenvalue weighted by molar-refractivity contribution is 5.61. The van der Waals surface area contributed by atoms with E-state index in [-0.39, 0.29) is 0 Å². The second-order valence-electron chi connectivity index (χ2n) is 6.35. The van der Waals surface area contributed by atoms with Gasteiger partial charge in [0.1, 0.15) is 24.1 Å². The molecule has 142 valence electrons. The third-order valence-electron chi connectivity index (χ3n) is 4.30. The zero-order chi connectivity index (χ0) is 20.1. The Morgan fingerprint density at radius 1 is 1.07 bits per heavy atom. The van der Waals surface area contributed by atoms with Crippen molar-refractivity contribution in [3.05, 3.63) is 84.3 Å². The van der Waals surface area contributed by atoms with E-state index in [9.17, 15) is 5.26 Å². The summed E-state index contributed by atoms with van der Waals surface area (Å²) in [4.78, 5) is 13.1. The van der Waals surface area contributed by atoms with Crippen molar-refractivity contribution in [2.45, 2.75) is 6.61 Å². The number of hydrogen-bond donors (Lipinski definition) is 1. The van der Waals surface area contributed by atoms with Gasteiger partial charge in [0, 0.05) is 37.4 Å². The fraction of sp³-hybridized carbons (Fsp3) is 0.0909. The van der Waals surface area contributed by atoms with Crippen LogP contribution in [-0.4, -0.2) is 19.5 Å². The van der Waals surface area contributed by atoms with Crippen LogP contribution in [0.4, 0.5) is 11.6 Å². The summed E-state index contributed by atoms with van der Waals surface area (Å²) in [5.74, 6) is 1.69. The molecule has 0 aliphatic heterocycles.